The van der Waals surface area contributed by atoms with E-state index in [4.69, 9.17) is 0 Å². The molecule has 146 valence electrons. The Kier molecular flexibility index (Phi) is 5.58. The third-order valence-electron chi connectivity index (χ3n) is 4.83. The van der Waals surface area contributed by atoms with E-state index in [0.717, 1.165) is 30.3 Å². The number of rotatable bonds is 4. The molecule has 0 saturated carbocycles. The number of alkyl halides is 3. The number of amides is 1. The molecule has 1 atom stereocenters. The van der Waals surface area contributed by atoms with Crippen molar-refractivity contribution in [1.29, 1.82) is 0 Å². The number of nitrogens with zero attached hydrogens (tertiary/aromatic N) is 2. The zero-order valence-electron chi connectivity index (χ0n) is 15.5. The van der Waals surface area contributed by atoms with Crippen molar-refractivity contribution in [3.05, 3.63) is 34.2 Å². The topological polar surface area (TPSA) is 45.2 Å². The first-order valence-corrected chi connectivity index (χ1v) is 9.66. The minimum atomic E-state index is -4.42. The lowest BCUT2D eigenvalue weighted by atomic mass is 10.0. The van der Waals surface area contributed by atoms with Crippen LogP contribution in [-0.4, -0.2) is 28.4 Å². The van der Waals surface area contributed by atoms with E-state index in [2.05, 4.69) is 22.1 Å². The van der Waals surface area contributed by atoms with Crippen LogP contribution in [0.1, 0.15) is 42.7 Å². The average Bonchev–Trinajstić information content (AvgIpc) is 3.13. The number of hydrogen-bond acceptors (Lipinski definition) is 4. The SMILES string of the molecule is CC(=O)Nc1nc(-c2ccc(C)c(C(F)(F)F)c2)c(CN2CCC[C@H]2C)s1. The van der Waals surface area contributed by atoms with Gasteiger partial charge in [0.2, 0.25) is 5.91 Å². The normalized spacial score (nSPS) is 18.1. The number of benzene rings is 1. The van der Waals surface area contributed by atoms with E-state index in [1.807, 2.05) is 0 Å². The van der Waals surface area contributed by atoms with Crippen molar-refractivity contribution < 1.29 is 18.0 Å². The number of carbonyl (C=O) groups excluding carboxylic acids is 1. The summed E-state index contributed by atoms with van der Waals surface area (Å²) in [6, 6.07) is 4.71. The predicted octanol–water partition coefficient (Wildman–Crippen LogP) is 5.08. The summed E-state index contributed by atoms with van der Waals surface area (Å²) in [5.74, 6) is -0.253. The average molecular weight is 397 g/mol. The Balaban J connectivity index is 2.02. The highest BCUT2D eigenvalue weighted by atomic mass is 32.1. The van der Waals surface area contributed by atoms with E-state index in [0.29, 0.717) is 29.0 Å². The van der Waals surface area contributed by atoms with Crippen LogP contribution in [0.25, 0.3) is 11.3 Å². The highest BCUT2D eigenvalue weighted by Gasteiger charge is 2.33. The number of thiazole rings is 1. The summed E-state index contributed by atoms with van der Waals surface area (Å²) >= 11 is 1.32. The number of hydrogen-bond donors (Lipinski definition) is 1. The summed E-state index contributed by atoms with van der Waals surface area (Å²) in [7, 11) is 0. The molecule has 3 rings (SSSR count). The molecule has 1 aromatic heterocycles. The monoisotopic (exact) mass is 397 g/mol. The first-order valence-electron chi connectivity index (χ1n) is 8.84. The second-order valence-electron chi connectivity index (χ2n) is 6.96. The lowest BCUT2D eigenvalue weighted by Crippen LogP contribution is -2.25. The van der Waals surface area contributed by atoms with Crippen LogP contribution < -0.4 is 5.32 Å². The molecule has 2 aromatic rings. The molecular weight excluding hydrogens is 375 g/mol. The summed E-state index contributed by atoms with van der Waals surface area (Å²) in [6.07, 6.45) is -2.20. The molecule has 27 heavy (non-hydrogen) atoms. The van der Waals surface area contributed by atoms with Crippen molar-refractivity contribution in [2.24, 2.45) is 0 Å². The number of anilines is 1. The lowest BCUT2D eigenvalue weighted by Gasteiger charge is -2.20. The number of carbonyl (C=O) groups is 1. The summed E-state index contributed by atoms with van der Waals surface area (Å²) in [6.45, 7) is 6.55. The Labute approximate surface area is 160 Å². The molecule has 8 heteroatoms. The van der Waals surface area contributed by atoms with Gasteiger partial charge in [-0.25, -0.2) is 4.98 Å². The van der Waals surface area contributed by atoms with Gasteiger partial charge >= 0.3 is 6.18 Å². The van der Waals surface area contributed by atoms with Crippen LogP contribution in [0.5, 0.6) is 0 Å². The van der Waals surface area contributed by atoms with Gasteiger partial charge in [0.1, 0.15) is 0 Å². The van der Waals surface area contributed by atoms with Crippen LogP contribution in [0.3, 0.4) is 0 Å². The maximum atomic E-state index is 13.3. The molecule has 1 aliphatic rings. The van der Waals surface area contributed by atoms with Gasteiger partial charge in [0, 0.05) is 30.0 Å². The van der Waals surface area contributed by atoms with E-state index in [-0.39, 0.29) is 11.5 Å². The Morgan fingerprint density at radius 2 is 2.15 bits per heavy atom. The van der Waals surface area contributed by atoms with Crippen molar-refractivity contribution in [2.45, 2.75) is 52.4 Å². The van der Waals surface area contributed by atoms with Gasteiger partial charge in [0.05, 0.1) is 11.3 Å². The second-order valence-corrected chi connectivity index (χ2v) is 8.04. The third-order valence-corrected chi connectivity index (χ3v) is 5.79. The molecule has 1 aliphatic heterocycles. The maximum Gasteiger partial charge on any atom is 0.416 e. The first kappa shape index (κ1) is 19.8. The Hall–Kier alpha value is -1.93. The Bertz CT molecular complexity index is 847. The minimum absolute atomic E-state index is 0.179. The summed E-state index contributed by atoms with van der Waals surface area (Å²) in [5, 5.41) is 3.07. The number of likely N-dealkylation sites (tertiary alicyclic amines) is 1. The van der Waals surface area contributed by atoms with Crippen LogP contribution >= 0.6 is 11.3 Å². The molecule has 1 N–H and O–H groups in total. The highest BCUT2D eigenvalue weighted by Crippen LogP contribution is 2.38. The minimum Gasteiger partial charge on any atom is -0.302 e. The van der Waals surface area contributed by atoms with Crippen LogP contribution in [-0.2, 0) is 17.5 Å². The summed E-state index contributed by atoms with van der Waals surface area (Å²) < 4.78 is 40.0. The summed E-state index contributed by atoms with van der Waals surface area (Å²) in [5.41, 5.74) is 0.448. The van der Waals surface area contributed by atoms with Crippen LogP contribution in [0.15, 0.2) is 18.2 Å². The van der Waals surface area contributed by atoms with Crippen LogP contribution in [0.4, 0.5) is 18.3 Å². The smallest absolute Gasteiger partial charge is 0.302 e. The van der Waals surface area contributed by atoms with Gasteiger partial charge in [-0.2, -0.15) is 13.2 Å². The molecular formula is C19H22F3N3OS. The van der Waals surface area contributed by atoms with E-state index < -0.39 is 11.7 Å². The third kappa shape index (κ3) is 4.50. The number of aryl methyl sites for hydroxylation is 1. The van der Waals surface area contributed by atoms with Crippen LogP contribution in [0.2, 0.25) is 0 Å². The molecule has 0 unspecified atom stereocenters. The molecule has 2 heterocycles. The summed E-state index contributed by atoms with van der Waals surface area (Å²) in [4.78, 5) is 19.0. The van der Waals surface area contributed by atoms with Crippen molar-refractivity contribution in [3.8, 4) is 11.3 Å². The van der Waals surface area contributed by atoms with Gasteiger partial charge < -0.3 is 5.32 Å². The fourth-order valence-electron chi connectivity index (χ4n) is 3.38. The van der Waals surface area contributed by atoms with Gasteiger partial charge in [-0.05, 0) is 44.9 Å². The standard InChI is InChI=1S/C19H22F3N3OS/c1-11-6-7-14(9-15(11)19(20,21)22)17-16(10-25-8-4-5-12(25)2)27-18(24-17)23-13(3)26/h6-7,9,12H,4-5,8,10H2,1-3H3,(H,23,24,26)/t12-/m1/s1. The Morgan fingerprint density at radius 3 is 2.74 bits per heavy atom. The van der Waals surface area contributed by atoms with Gasteiger partial charge in [-0.15, -0.1) is 0 Å². The van der Waals surface area contributed by atoms with Gasteiger partial charge in [-0.3, -0.25) is 9.69 Å². The van der Waals surface area contributed by atoms with Crippen LogP contribution in [0, 0.1) is 6.92 Å². The molecule has 0 bridgehead atoms. The first-order chi connectivity index (χ1) is 12.6. The molecule has 0 aliphatic carbocycles. The lowest BCUT2D eigenvalue weighted by molar-refractivity contribution is -0.138. The van der Waals surface area contributed by atoms with Crippen molar-refractivity contribution >= 4 is 22.4 Å². The fourth-order valence-corrected chi connectivity index (χ4v) is 4.43. The number of aromatic nitrogens is 1. The van der Waals surface area contributed by atoms with E-state index >= 15 is 0 Å². The maximum absolute atomic E-state index is 13.3. The molecule has 1 saturated heterocycles. The van der Waals surface area contributed by atoms with Crippen molar-refractivity contribution in [2.75, 3.05) is 11.9 Å². The van der Waals surface area contributed by atoms with E-state index in [1.165, 1.54) is 31.3 Å². The van der Waals surface area contributed by atoms with Crippen molar-refractivity contribution in [3.63, 3.8) is 0 Å². The molecule has 4 nitrogen and oxygen atoms in total. The molecule has 0 radical (unpaired) electrons. The number of nitrogens with one attached hydrogen (secondary N) is 1. The second kappa shape index (κ2) is 7.59. The zero-order valence-corrected chi connectivity index (χ0v) is 16.3. The predicted molar refractivity (Wildman–Crippen MR) is 101 cm³/mol. The fraction of sp³-hybridized carbons (Fsp3) is 0.474. The molecule has 1 fully saturated rings. The van der Waals surface area contributed by atoms with E-state index in [9.17, 15) is 18.0 Å². The Morgan fingerprint density at radius 1 is 1.41 bits per heavy atom. The number of halogens is 3. The van der Waals surface area contributed by atoms with Gasteiger partial charge in [-0.1, -0.05) is 23.5 Å². The van der Waals surface area contributed by atoms with Crippen molar-refractivity contribution in [1.82, 2.24) is 9.88 Å². The largest absolute Gasteiger partial charge is 0.416 e. The highest BCUT2D eigenvalue weighted by molar-refractivity contribution is 7.16. The molecule has 0 spiro atoms. The molecule has 1 aromatic carbocycles. The van der Waals surface area contributed by atoms with Gasteiger partial charge in [0.15, 0.2) is 5.13 Å². The zero-order chi connectivity index (χ0) is 19.8. The quantitative estimate of drug-likeness (QED) is 0.783. The van der Waals surface area contributed by atoms with E-state index in [1.54, 1.807) is 6.07 Å². The molecule has 1 amide bonds. The van der Waals surface area contributed by atoms with Gasteiger partial charge in [0.25, 0.3) is 0 Å².